The Balaban J connectivity index is 2.03. The quantitative estimate of drug-likeness (QED) is 0.907. The molecule has 0 saturated heterocycles. The molecule has 0 aliphatic rings. The predicted octanol–water partition coefficient (Wildman–Crippen LogP) is 3.61. The Morgan fingerprint density at radius 2 is 2.22 bits per heavy atom. The summed E-state index contributed by atoms with van der Waals surface area (Å²) in [6.45, 7) is 2.10. The number of rotatable bonds is 4. The second-order valence-corrected chi connectivity index (χ2v) is 4.66. The van der Waals surface area contributed by atoms with Gasteiger partial charge in [-0.2, -0.15) is 0 Å². The lowest BCUT2D eigenvalue weighted by Gasteiger charge is -2.09. The van der Waals surface area contributed by atoms with Gasteiger partial charge in [0.15, 0.2) is 0 Å². The van der Waals surface area contributed by atoms with Gasteiger partial charge in [0, 0.05) is 22.8 Å². The molecule has 0 saturated carbocycles. The molecule has 0 spiro atoms. The van der Waals surface area contributed by atoms with E-state index in [1.165, 1.54) is 6.92 Å². The maximum absolute atomic E-state index is 10.9. The molecule has 18 heavy (non-hydrogen) atoms. The molecule has 2 aromatic rings. The van der Waals surface area contributed by atoms with Crippen molar-refractivity contribution in [3.63, 3.8) is 0 Å². The maximum atomic E-state index is 10.9. The van der Waals surface area contributed by atoms with Crippen molar-refractivity contribution in [2.24, 2.45) is 0 Å². The molecule has 0 bridgehead atoms. The van der Waals surface area contributed by atoms with Crippen LogP contribution in [0.1, 0.15) is 12.7 Å². The van der Waals surface area contributed by atoms with E-state index < -0.39 is 0 Å². The summed E-state index contributed by atoms with van der Waals surface area (Å²) in [4.78, 5) is 10.9. The van der Waals surface area contributed by atoms with Crippen LogP contribution in [0, 0.1) is 0 Å². The standard InChI is InChI=1S/C13H13BrN2O2/c1-9(17)16-10-4-5-13(12(14)7-10)15-8-11-3-2-6-18-11/h2-7,15H,8H2,1H3,(H,16,17). The Labute approximate surface area is 114 Å². The fourth-order valence-corrected chi connectivity index (χ4v) is 2.05. The molecule has 1 aromatic heterocycles. The maximum Gasteiger partial charge on any atom is 0.221 e. The third kappa shape index (κ3) is 3.37. The van der Waals surface area contributed by atoms with Crippen molar-refractivity contribution in [1.29, 1.82) is 0 Å². The zero-order valence-corrected chi connectivity index (χ0v) is 11.5. The van der Waals surface area contributed by atoms with E-state index in [0.717, 1.165) is 21.6 Å². The van der Waals surface area contributed by atoms with Crippen LogP contribution in [0.15, 0.2) is 45.5 Å². The molecule has 0 atom stereocenters. The van der Waals surface area contributed by atoms with Crippen LogP contribution in [-0.2, 0) is 11.3 Å². The van der Waals surface area contributed by atoms with Gasteiger partial charge < -0.3 is 15.1 Å². The molecule has 0 aliphatic carbocycles. The van der Waals surface area contributed by atoms with E-state index in [4.69, 9.17) is 4.42 Å². The second kappa shape index (κ2) is 5.73. The van der Waals surface area contributed by atoms with Gasteiger partial charge in [0.25, 0.3) is 0 Å². The molecule has 2 N–H and O–H groups in total. The number of carbonyl (C=O) groups excluding carboxylic acids is 1. The summed E-state index contributed by atoms with van der Waals surface area (Å²) < 4.78 is 6.13. The van der Waals surface area contributed by atoms with Crippen molar-refractivity contribution in [2.45, 2.75) is 13.5 Å². The SMILES string of the molecule is CC(=O)Nc1ccc(NCc2ccco2)c(Br)c1. The number of amides is 1. The summed E-state index contributed by atoms with van der Waals surface area (Å²) in [6.07, 6.45) is 1.64. The minimum Gasteiger partial charge on any atom is -0.467 e. The molecule has 0 radical (unpaired) electrons. The average molecular weight is 309 g/mol. The van der Waals surface area contributed by atoms with Gasteiger partial charge in [0.05, 0.1) is 12.8 Å². The van der Waals surface area contributed by atoms with Crippen LogP contribution in [0.4, 0.5) is 11.4 Å². The topological polar surface area (TPSA) is 54.3 Å². The smallest absolute Gasteiger partial charge is 0.221 e. The summed E-state index contributed by atoms with van der Waals surface area (Å²) in [6, 6.07) is 9.36. The number of nitrogens with one attached hydrogen (secondary N) is 2. The van der Waals surface area contributed by atoms with Crippen molar-refractivity contribution in [3.05, 3.63) is 46.8 Å². The first-order valence-electron chi connectivity index (χ1n) is 5.48. The number of benzene rings is 1. The first-order chi connectivity index (χ1) is 8.65. The van der Waals surface area contributed by atoms with E-state index in [-0.39, 0.29) is 5.91 Å². The summed E-state index contributed by atoms with van der Waals surface area (Å²) in [5.74, 6) is 0.783. The molecule has 0 fully saturated rings. The van der Waals surface area contributed by atoms with Gasteiger partial charge in [-0.1, -0.05) is 0 Å². The molecular formula is C13H13BrN2O2. The highest BCUT2D eigenvalue weighted by Gasteiger charge is 2.03. The number of halogens is 1. The van der Waals surface area contributed by atoms with Gasteiger partial charge >= 0.3 is 0 Å². The lowest BCUT2D eigenvalue weighted by molar-refractivity contribution is -0.114. The highest BCUT2D eigenvalue weighted by molar-refractivity contribution is 9.10. The van der Waals surface area contributed by atoms with Crippen molar-refractivity contribution in [2.75, 3.05) is 10.6 Å². The number of hydrogen-bond acceptors (Lipinski definition) is 3. The Kier molecular flexibility index (Phi) is 4.04. The molecule has 2 rings (SSSR count). The average Bonchev–Trinajstić information content (AvgIpc) is 2.80. The largest absolute Gasteiger partial charge is 0.467 e. The second-order valence-electron chi connectivity index (χ2n) is 3.81. The lowest BCUT2D eigenvalue weighted by atomic mass is 10.2. The molecule has 0 aliphatic heterocycles. The molecular weight excluding hydrogens is 296 g/mol. The number of carbonyl (C=O) groups is 1. The third-order valence-electron chi connectivity index (χ3n) is 2.32. The Hall–Kier alpha value is -1.75. The minimum atomic E-state index is -0.0850. The van der Waals surface area contributed by atoms with Crippen LogP contribution in [0.2, 0.25) is 0 Å². The predicted molar refractivity (Wildman–Crippen MR) is 74.5 cm³/mol. The van der Waals surface area contributed by atoms with E-state index >= 15 is 0 Å². The first-order valence-corrected chi connectivity index (χ1v) is 6.28. The van der Waals surface area contributed by atoms with Crippen molar-refractivity contribution >= 4 is 33.2 Å². The van der Waals surface area contributed by atoms with Crippen LogP contribution in [0.5, 0.6) is 0 Å². The molecule has 0 unspecified atom stereocenters. The number of hydrogen-bond donors (Lipinski definition) is 2. The summed E-state index contributed by atoms with van der Waals surface area (Å²) in [7, 11) is 0. The molecule has 5 heteroatoms. The van der Waals surface area contributed by atoms with Crippen LogP contribution in [0.25, 0.3) is 0 Å². The highest BCUT2D eigenvalue weighted by atomic mass is 79.9. The zero-order chi connectivity index (χ0) is 13.0. The molecule has 1 amide bonds. The normalized spacial score (nSPS) is 10.1. The van der Waals surface area contributed by atoms with E-state index in [2.05, 4.69) is 26.6 Å². The fourth-order valence-electron chi connectivity index (χ4n) is 1.53. The van der Waals surface area contributed by atoms with Crippen LogP contribution < -0.4 is 10.6 Å². The lowest BCUT2D eigenvalue weighted by Crippen LogP contribution is -2.06. The van der Waals surface area contributed by atoms with Crippen LogP contribution in [0.3, 0.4) is 0 Å². The highest BCUT2D eigenvalue weighted by Crippen LogP contribution is 2.26. The molecule has 1 aromatic carbocycles. The third-order valence-corrected chi connectivity index (χ3v) is 2.98. The Morgan fingerprint density at radius 3 is 2.83 bits per heavy atom. The zero-order valence-electron chi connectivity index (χ0n) is 9.87. The Bertz CT molecular complexity index is 538. The van der Waals surface area contributed by atoms with Crippen molar-refractivity contribution in [3.8, 4) is 0 Å². The fraction of sp³-hybridized carbons (Fsp3) is 0.154. The van der Waals surface area contributed by atoms with Crippen LogP contribution >= 0.6 is 15.9 Å². The van der Waals surface area contributed by atoms with E-state index in [1.54, 1.807) is 6.26 Å². The van der Waals surface area contributed by atoms with Gasteiger partial charge in [-0.3, -0.25) is 4.79 Å². The monoisotopic (exact) mass is 308 g/mol. The van der Waals surface area contributed by atoms with Crippen molar-refractivity contribution < 1.29 is 9.21 Å². The van der Waals surface area contributed by atoms with Gasteiger partial charge in [-0.25, -0.2) is 0 Å². The molecule has 94 valence electrons. The van der Waals surface area contributed by atoms with Gasteiger partial charge in [-0.15, -0.1) is 0 Å². The van der Waals surface area contributed by atoms with E-state index in [1.807, 2.05) is 30.3 Å². The number of furan rings is 1. The Morgan fingerprint density at radius 1 is 1.39 bits per heavy atom. The summed E-state index contributed by atoms with van der Waals surface area (Å²) in [5.41, 5.74) is 1.71. The first kappa shape index (κ1) is 12.7. The van der Waals surface area contributed by atoms with E-state index in [0.29, 0.717) is 6.54 Å². The molecule has 4 nitrogen and oxygen atoms in total. The number of anilines is 2. The molecule has 1 heterocycles. The van der Waals surface area contributed by atoms with E-state index in [9.17, 15) is 4.79 Å². The van der Waals surface area contributed by atoms with Gasteiger partial charge in [-0.05, 0) is 46.3 Å². The summed E-state index contributed by atoms with van der Waals surface area (Å²) in [5, 5.41) is 5.97. The van der Waals surface area contributed by atoms with Crippen LogP contribution in [-0.4, -0.2) is 5.91 Å². The van der Waals surface area contributed by atoms with Gasteiger partial charge in [0.2, 0.25) is 5.91 Å². The minimum absolute atomic E-state index is 0.0850. The van der Waals surface area contributed by atoms with Crippen molar-refractivity contribution in [1.82, 2.24) is 0 Å². The van der Waals surface area contributed by atoms with Gasteiger partial charge in [0.1, 0.15) is 5.76 Å². The summed E-state index contributed by atoms with van der Waals surface area (Å²) >= 11 is 3.46.